The number of rotatable bonds is 3. The molecule has 6 nitrogen and oxygen atoms in total. The fraction of sp³-hybridized carbons (Fsp3) is 0.111. The van der Waals surface area contributed by atoms with Gasteiger partial charge in [0.15, 0.2) is 5.82 Å². The van der Waals surface area contributed by atoms with E-state index in [-0.39, 0.29) is 0 Å². The van der Waals surface area contributed by atoms with Gasteiger partial charge in [-0.2, -0.15) is 5.11 Å². The van der Waals surface area contributed by atoms with Crippen LogP contribution in [-0.4, -0.2) is 9.97 Å². The van der Waals surface area contributed by atoms with Crippen LogP contribution < -0.4 is 10.5 Å². The van der Waals surface area contributed by atoms with E-state index in [9.17, 15) is 0 Å². The second-order valence-electron chi connectivity index (χ2n) is 5.67. The first kappa shape index (κ1) is 14.3. The van der Waals surface area contributed by atoms with Crippen molar-refractivity contribution in [2.24, 2.45) is 10.2 Å². The van der Waals surface area contributed by atoms with Crippen LogP contribution in [-0.2, 0) is 5.54 Å². The third kappa shape index (κ3) is 2.28. The summed E-state index contributed by atoms with van der Waals surface area (Å²) in [5.41, 5.74) is 7.02. The number of hydrogen-bond acceptors (Lipinski definition) is 6. The topological polar surface area (TPSA) is 85.8 Å². The van der Waals surface area contributed by atoms with Crippen molar-refractivity contribution in [3.63, 3.8) is 0 Å². The van der Waals surface area contributed by atoms with E-state index >= 15 is 0 Å². The van der Waals surface area contributed by atoms with Crippen LogP contribution >= 0.6 is 0 Å². The summed E-state index contributed by atoms with van der Waals surface area (Å²) in [4.78, 5) is 8.21. The SMILES string of the molecule is CC1(c2ccc(Oc3ccccc3)cc2)N=Nc2ncnc(N)c21. The third-order valence-corrected chi connectivity index (χ3v) is 4.08. The minimum absolute atomic E-state index is 0.400. The Bertz CT molecular complexity index is 908. The molecule has 4 rings (SSSR count). The van der Waals surface area contributed by atoms with E-state index in [2.05, 4.69) is 20.2 Å². The fourth-order valence-electron chi connectivity index (χ4n) is 2.80. The van der Waals surface area contributed by atoms with Gasteiger partial charge in [-0.05, 0) is 36.8 Å². The van der Waals surface area contributed by atoms with Gasteiger partial charge < -0.3 is 10.5 Å². The number of anilines is 1. The molecule has 0 aliphatic carbocycles. The van der Waals surface area contributed by atoms with Crippen LogP contribution in [0.3, 0.4) is 0 Å². The van der Waals surface area contributed by atoms with Gasteiger partial charge in [0.05, 0.1) is 5.56 Å². The van der Waals surface area contributed by atoms with Crippen LogP contribution in [0.5, 0.6) is 11.5 Å². The van der Waals surface area contributed by atoms with Gasteiger partial charge in [0.25, 0.3) is 0 Å². The van der Waals surface area contributed by atoms with Crippen molar-refractivity contribution in [2.75, 3.05) is 5.73 Å². The maximum atomic E-state index is 6.02. The number of nitrogen functional groups attached to an aromatic ring is 1. The molecule has 24 heavy (non-hydrogen) atoms. The first-order valence-corrected chi connectivity index (χ1v) is 7.54. The first-order valence-electron chi connectivity index (χ1n) is 7.54. The van der Waals surface area contributed by atoms with E-state index in [4.69, 9.17) is 10.5 Å². The molecule has 2 N–H and O–H groups in total. The smallest absolute Gasteiger partial charge is 0.185 e. The number of para-hydroxylation sites is 1. The maximum absolute atomic E-state index is 6.02. The largest absolute Gasteiger partial charge is 0.457 e. The molecule has 0 spiro atoms. The second-order valence-corrected chi connectivity index (χ2v) is 5.67. The lowest BCUT2D eigenvalue weighted by atomic mass is 9.86. The van der Waals surface area contributed by atoms with Crippen LogP contribution in [0.25, 0.3) is 0 Å². The van der Waals surface area contributed by atoms with Gasteiger partial charge in [-0.15, -0.1) is 5.11 Å². The maximum Gasteiger partial charge on any atom is 0.185 e. The molecule has 1 aliphatic rings. The van der Waals surface area contributed by atoms with Crippen LogP contribution in [0, 0.1) is 0 Å². The predicted molar refractivity (Wildman–Crippen MR) is 90.4 cm³/mol. The number of ether oxygens (including phenoxy) is 1. The lowest BCUT2D eigenvalue weighted by Gasteiger charge is -2.22. The zero-order valence-corrected chi connectivity index (χ0v) is 13.0. The van der Waals surface area contributed by atoms with Crippen LogP contribution in [0.1, 0.15) is 18.1 Å². The van der Waals surface area contributed by atoms with Gasteiger partial charge in [-0.25, -0.2) is 9.97 Å². The first-order chi connectivity index (χ1) is 11.7. The zero-order chi connectivity index (χ0) is 16.6. The molecule has 1 aliphatic heterocycles. The lowest BCUT2D eigenvalue weighted by molar-refractivity contribution is 0.481. The van der Waals surface area contributed by atoms with Crippen LogP contribution in [0.15, 0.2) is 71.2 Å². The number of nitrogens with zero attached hydrogens (tertiary/aromatic N) is 4. The molecule has 2 aromatic carbocycles. The van der Waals surface area contributed by atoms with Crippen LogP contribution in [0.4, 0.5) is 11.6 Å². The molecule has 0 bridgehead atoms. The molecular weight excluding hydrogens is 302 g/mol. The number of nitrogens with two attached hydrogens (primary N) is 1. The van der Waals surface area contributed by atoms with Gasteiger partial charge in [-0.1, -0.05) is 30.3 Å². The Hall–Kier alpha value is -3.28. The Kier molecular flexibility index (Phi) is 3.23. The highest BCUT2D eigenvalue weighted by Gasteiger charge is 2.39. The normalized spacial score (nSPS) is 18.4. The number of benzene rings is 2. The van der Waals surface area contributed by atoms with E-state index < -0.39 is 5.54 Å². The summed E-state index contributed by atoms with van der Waals surface area (Å²) in [7, 11) is 0. The Labute approximate surface area is 139 Å². The molecule has 0 saturated carbocycles. The summed E-state index contributed by atoms with van der Waals surface area (Å²) in [6.07, 6.45) is 1.40. The third-order valence-electron chi connectivity index (χ3n) is 4.08. The number of hydrogen-bond donors (Lipinski definition) is 1. The molecule has 1 unspecified atom stereocenters. The number of aromatic nitrogens is 2. The summed E-state index contributed by atoms with van der Waals surface area (Å²) in [6.45, 7) is 1.95. The highest BCUT2D eigenvalue weighted by Crippen LogP contribution is 2.46. The molecule has 0 amide bonds. The van der Waals surface area contributed by atoms with E-state index in [0.717, 1.165) is 22.6 Å². The van der Waals surface area contributed by atoms with E-state index in [1.165, 1.54) is 6.33 Å². The Morgan fingerprint density at radius 1 is 0.917 bits per heavy atom. The van der Waals surface area contributed by atoms with Gasteiger partial charge in [0.1, 0.15) is 29.2 Å². The lowest BCUT2D eigenvalue weighted by Crippen LogP contribution is -2.20. The molecule has 1 atom stereocenters. The van der Waals surface area contributed by atoms with Gasteiger partial charge in [-0.3, -0.25) is 0 Å². The van der Waals surface area contributed by atoms with Crippen molar-refractivity contribution in [1.29, 1.82) is 0 Å². The minimum Gasteiger partial charge on any atom is -0.457 e. The standard InChI is InChI=1S/C18H15N5O/c1-18(15-16(19)20-11-21-17(15)22-23-18)12-7-9-14(10-8-12)24-13-5-3-2-4-6-13/h2-11H,1H3,(H2,19,20,21). The average molecular weight is 317 g/mol. The summed E-state index contributed by atoms with van der Waals surface area (Å²) in [5, 5.41) is 8.52. The highest BCUT2D eigenvalue weighted by atomic mass is 16.5. The van der Waals surface area contributed by atoms with Crippen molar-refractivity contribution in [1.82, 2.24) is 9.97 Å². The monoisotopic (exact) mass is 317 g/mol. The molecule has 1 aromatic heterocycles. The van der Waals surface area contributed by atoms with Crippen LogP contribution in [0.2, 0.25) is 0 Å². The molecule has 0 fully saturated rings. The Morgan fingerprint density at radius 2 is 1.62 bits per heavy atom. The minimum atomic E-state index is -0.689. The summed E-state index contributed by atoms with van der Waals surface area (Å²) in [6, 6.07) is 17.4. The van der Waals surface area contributed by atoms with E-state index in [1.54, 1.807) is 0 Å². The van der Waals surface area contributed by atoms with Crippen molar-refractivity contribution in [3.8, 4) is 11.5 Å². The van der Waals surface area contributed by atoms with Gasteiger partial charge in [0, 0.05) is 0 Å². The number of fused-ring (bicyclic) bond motifs is 1. The summed E-state index contributed by atoms with van der Waals surface area (Å²) >= 11 is 0. The Balaban J connectivity index is 1.66. The van der Waals surface area contributed by atoms with Crippen molar-refractivity contribution in [2.45, 2.75) is 12.5 Å². The fourth-order valence-corrected chi connectivity index (χ4v) is 2.80. The van der Waals surface area contributed by atoms with E-state index in [0.29, 0.717) is 11.6 Å². The van der Waals surface area contributed by atoms with Crippen molar-refractivity contribution in [3.05, 3.63) is 72.1 Å². The van der Waals surface area contributed by atoms with Crippen molar-refractivity contribution >= 4 is 11.6 Å². The number of azo groups is 1. The highest BCUT2D eigenvalue weighted by molar-refractivity contribution is 5.61. The van der Waals surface area contributed by atoms with Gasteiger partial charge >= 0.3 is 0 Å². The zero-order valence-electron chi connectivity index (χ0n) is 13.0. The molecule has 6 heteroatoms. The second kappa shape index (κ2) is 5.42. The predicted octanol–water partition coefficient (Wildman–Crippen LogP) is 4.21. The Morgan fingerprint density at radius 3 is 2.38 bits per heavy atom. The molecule has 0 radical (unpaired) electrons. The quantitative estimate of drug-likeness (QED) is 0.784. The summed E-state index contributed by atoms with van der Waals surface area (Å²) in [5.74, 6) is 2.47. The molecule has 0 saturated heterocycles. The van der Waals surface area contributed by atoms with Crippen molar-refractivity contribution < 1.29 is 4.74 Å². The summed E-state index contributed by atoms with van der Waals surface area (Å²) < 4.78 is 5.82. The average Bonchev–Trinajstić information content (AvgIpc) is 2.96. The van der Waals surface area contributed by atoms with Gasteiger partial charge in [0.2, 0.25) is 0 Å². The van der Waals surface area contributed by atoms with E-state index in [1.807, 2.05) is 61.5 Å². The molecule has 118 valence electrons. The molecule has 3 aromatic rings. The molecule has 2 heterocycles. The molecular formula is C18H15N5O.